The number of anilines is 2. The molecule has 1 saturated heterocycles. The molecule has 0 bridgehead atoms. The maximum Gasteiger partial charge on any atom is 0.227 e. The van der Waals surface area contributed by atoms with E-state index in [1.165, 1.54) is 0 Å². The predicted molar refractivity (Wildman–Crippen MR) is 124 cm³/mol. The molecule has 1 aliphatic heterocycles. The molecule has 31 heavy (non-hydrogen) atoms. The van der Waals surface area contributed by atoms with Crippen LogP contribution < -0.4 is 15.0 Å². The van der Waals surface area contributed by atoms with Gasteiger partial charge in [-0.1, -0.05) is 23.2 Å². The summed E-state index contributed by atoms with van der Waals surface area (Å²) in [6.07, 6.45) is 3.03. The third kappa shape index (κ3) is 5.09. The van der Waals surface area contributed by atoms with Crippen LogP contribution in [0.3, 0.4) is 0 Å². The number of aromatic nitrogens is 2. The van der Waals surface area contributed by atoms with E-state index < -0.39 is 0 Å². The average molecular weight is 457 g/mol. The highest BCUT2D eigenvalue weighted by molar-refractivity contribution is 6.35. The first-order chi connectivity index (χ1) is 15.0. The Morgan fingerprint density at radius 2 is 1.81 bits per heavy atom. The number of methoxy groups -OCH3 is 1. The number of hydrogen-bond acceptors (Lipinski definition) is 5. The minimum absolute atomic E-state index is 0.0366. The summed E-state index contributed by atoms with van der Waals surface area (Å²) in [4.78, 5) is 23.7. The van der Waals surface area contributed by atoms with Crippen LogP contribution in [0.5, 0.6) is 5.75 Å². The molecule has 1 aromatic heterocycles. The van der Waals surface area contributed by atoms with E-state index >= 15 is 0 Å². The molecule has 8 heteroatoms. The van der Waals surface area contributed by atoms with Crippen LogP contribution in [0.15, 0.2) is 54.9 Å². The molecule has 160 valence electrons. The number of ether oxygens (including phenoxy) is 1. The van der Waals surface area contributed by atoms with Gasteiger partial charge in [0.05, 0.1) is 23.5 Å². The van der Waals surface area contributed by atoms with E-state index in [0.29, 0.717) is 15.7 Å². The van der Waals surface area contributed by atoms with Crippen LogP contribution in [-0.2, 0) is 4.79 Å². The second kappa shape index (κ2) is 9.54. The molecular formula is C23H22Cl2N4O2. The Balaban J connectivity index is 1.39. The van der Waals surface area contributed by atoms with Crippen molar-refractivity contribution in [1.29, 1.82) is 0 Å². The maximum atomic E-state index is 12.7. The lowest BCUT2D eigenvalue weighted by atomic mass is 9.95. The summed E-state index contributed by atoms with van der Waals surface area (Å²) in [5.41, 5.74) is 2.39. The topological polar surface area (TPSA) is 67.3 Å². The van der Waals surface area contributed by atoms with Gasteiger partial charge in [-0.25, -0.2) is 9.97 Å². The van der Waals surface area contributed by atoms with Gasteiger partial charge in [0.25, 0.3) is 0 Å². The van der Waals surface area contributed by atoms with Gasteiger partial charge in [0.15, 0.2) is 0 Å². The molecule has 2 heterocycles. The molecule has 1 aliphatic rings. The van der Waals surface area contributed by atoms with Gasteiger partial charge in [-0.15, -0.1) is 0 Å². The van der Waals surface area contributed by atoms with Crippen molar-refractivity contribution in [2.45, 2.75) is 12.8 Å². The molecule has 4 rings (SSSR count). The first-order valence-corrected chi connectivity index (χ1v) is 10.8. The van der Waals surface area contributed by atoms with Crippen molar-refractivity contribution in [2.24, 2.45) is 5.92 Å². The minimum Gasteiger partial charge on any atom is -0.497 e. The quantitative estimate of drug-likeness (QED) is 0.562. The standard InChI is InChI=1S/C23H22Cl2N4O2/c1-31-18-5-2-15(3-6-18)20-13-22(27-14-26-20)29-10-8-16(9-11-29)23(30)28-21-12-17(24)4-7-19(21)25/h2-7,12-14,16H,8-11H2,1H3,(H,28,30). The van der Waals surface area contributed by atoms with Crippen molar-refractivity contribution in [2.75, 3.05) is 30.4 Å². The molecule has 1 amide bonds. The van der Waals surface area contributed by atoms with Crippen LogP contribution in [0, 0.1) is 5.92 Å². The zero-order chi connectivity index (χ0) is 21.8. The normalized spacial score (nSPS) is 14.4. The number of nitrogens with zero attached hydrogens (tertiary/aromatic N) is 3. The molecule has 1 N–H and O–H groups in total. The molecule has 0 atom stereocenters. The summed E-state index contributed by atoms with van der Waals surface area (Å²) >= 11 is 12.2. The van der Waals surface area contributed by atoms with Gasteiger partial charge in [-0.3, -0.25) is 4.79 Å². The monoisotopic (exact) mass is 456 g/mol. The number of hydrogen-bond donors (Lipinski definition) is 1. The Morgan fingerprint density at radius 3 is 2.52 bits per heavy atom. The largest absolute Gasteiger partial charge is 0.497 e. The first-order valence-electron chi connectivity index (χ1n) is 10.0. The Morgan fingerprint density at radius 1 is 1.06 bits per heavy atom. The number of halogens is 2. The van der Waals surface area contributed by atoms with Gasteiger partial charge in [0, 0.05) is 35.7 Å². The van der Waals surface area contributed by atoms with Gasteiger partial charge < -0.3 is 15.0 Å². The number of carbonyl (C=O) groups excluding carboxylic acids is 1. The molecular weight excluding hydrogens is 435 g/mol. The SMILES string of the molecule is COc1ccc(-c2cc(N3CCC(C(=O)Nc4cc(Cl)ccc4Cl)CC3)ncn2)cc1. The highest BCUT2D eigenvalue weighted by Gasteiger charge is 2.26. The number of benzene rings is 2. The molecule has 6 nitrogen and oxygen atoms in total. The van der Waals surface area contributed by atoms with Crippen LogP contribution in [0.2, 0.25) is 10.0 Å². The number of carbonyl (C=O) groups is 1. The zero-order valence-electron chi connectivity index (χ0n) is 17.0. The van der Waals surface area contributed by atoms with Crippen LogP contribution >= 0.6 is 23.2 Å². The number of nitrogens with one attached hydrogen (secondary N) is 1. The Hall–Kier alpha value is -2.83. The van der Waals surface area contributed by atoms with Crippen molar-refractivity contribution >= 4 is 40.6 Å². The molecule has 0 saturated carbocycles. The molecule has 2 aromatic carbocycles. The van der Waals surface area contributed by atoms with Crippen molar-refractivity contribution in [3.05, 3.63) is 64.9 Å². The van der Waals surface area contributed by atoms with E-state index in [9.17, 15) is 4.79 Å². The Kier molecular flexibility index (Phi) is 6.59. The summed E-state index contributed by atoms with van der Waals surface area (Å²) < 4.78 is 5.22. The fourth-order valence-corrected chi connectivity index (χ4v) is 3.98. The average Bonchev–Trinajstić information content (AvgIpc) is 2.81. The van der Waals surface area contributed by atoms with Crippen LogP contribution in [0.1, 0.15) is 12.8 Å². The molecule has 0 unspecified atom stereocenters. The fourth-order valence-electron chi connectivity index (χ4n) is 3.64. The van der Waals surface area contributed by atoms with E-state index in [0.717, 1.165) is 48.8 Å². The lowest BCUT2D eigenvalue weighted by Gasteiger charge is -2.32. The van der Waals surface area contributed by atoms with Crippen LogP contribution in [-0.4, -0.2) is 36.1 Å². The zero-order valence-corrected chi connectivity index (χ0v) is 18.5. The fraction of sp³-hybridized carbons (Fsp3) is 0.261. The number of amides is 1. The highest BCUT2D eigenvalue weighted by Crippen LogP contribution is 2.29. The predicted octanol–water partition coefficient (Wildman–Crippen LogP) is 5.31. The summed E-state index contributed by atoms with van der Waals surface area (Å²) in [5, 5.41) is 3.91. The van der Waals surface area contributed by atoms with Crippen LogP contribution in [0.4, 0.5) is 11.5 Å². The van der Waals surface area contributed by atoms with Gasteiger partial charge in [0.2, 0.25) is 5.91 Å². The van der Waals surface area contributed by atoms with Crippen molar-refractivity contribution in [3.63, 3.8) is 0 Å². The third-order valence-corrected chi connectivity index (χ3v) is 5.98. The van der Waals surface area contributed by atoms with Gasteiger partial charge >= 0.3 is 0 Å². The van der Waals surface area contributed by atoms with Crippen molar-refractivity contribution in [1.82, 2.24) is 9.97 Å². The number of piperidine rings is 1. The van der Waals surface area contributed by atoms with E-state index in [-0.39, 0.29) is 11.8 Å². The van der Waals surface area contributed by atoms with Crippen molar-refractivity contribution < 1.29 is 9.53 Å². The Bertz CT molecular complexity index is 1070. The first kappa shape index (κ1) is 21.4. The summed E-state index contributed by atoms with van der Waals surface area (Å²) in [6, 6.07) is 14.8. The molecule has 0 aliphatic carbocycles. The molecule has 1 fully saturated rings. The lowest BCUT2D eigenvalue weighted by Crippen LogP contribution is -2.38. The van der Waals surface area contributed by atoms with Crippen LogP contribution in [0.25, 0.3) is 11.3 Å². The highest BCUT2D eigenvalue weighted by atomic mass is 35.5. The van der Waals surface area contributed by atoms with Gasteiger partial charge in [-0.2, -0.15) is 0 Å². The van der Waals surface area contributed by atoms with E-state index in [2.05, 4.69) is 20.2 Å². The third-order valence-electron chi connectivity index (χ3n) is 5.41. The molecule has 0 radical (unpaired) electrons. The van der Waals surface area contributed by atoms with E-state index in [1.54, 1.807) is 31.6 Å². The second-order valence-corrected chi connectivity index (χ2v) is 8.21. The summed E-state index contributed by atoms with van der Waals surface area (Å²) in [7, 11) is 1.64. The minimum atomic E-state index is -0.0887. The lowest BCUT2D eigenvalue weighted by molar-refractivity contribution is -0.120. The summed E-state index contributed by atoms with van der Waals surface area (Å²) in [5.74, 6) is 1.54. The van der Waals surface area contributed by atoms with Gasteiger partial charge in [-0.05, 0) is 55.3 Å². The summed E-state index contributed by atoms with van der Waals surface area (Å²) in [6.45, 7) is 1.47. The van der Waals surface area contributed by atoms with E-state index in [4.69, 9.17) is 27.9 Å². The van der Waals surface area contributed by atoms with E-state index in [1.807, 2.05) is 30.3 Å². The van der Waals surface area contributed by atoms with Gasteiger partial charge in [0.1, 0.15) is 17.9 Å². The molecule has 0 spiro atoms. The molecule has 3 aromatic rings. The van der Waals surface area contributed by atoms with Crippen molar-refractivity contribution in [3.8, 4) is 17.0 Å². The maximum absolute atomic E-state index is 12.7. The Labute approximate surface area is 191 Å². The second-order valence-electron chi connectivity index (χ2n) is 7.36. The smallest absolute Gasteiger partial charge is 0.227 e. The number of rotatable bonds is 5.